The van der Waals surface area contributed by atoms with E-state index in [1.54, 1.807) is 12.1 Å². The Labute approximate surface area is 142 Å². The molecule has 0 aliphatic heterocycles. The van der Waals surface area contributed by atoms with Gasteiger partial charge in [-0.05, 0) is 18.2 Å². The molecule has 0 saturated carbocycles. The SMILES string of the molecule is COc1ccc([N+](=O)[O-])cc1S(=O)(=O)N(C)Cc1ccc(Cl)s1. The first-order chi connectivity index (χ1) is 10.8. The summed E-state index contributed by atoms with van der Waals surface area (Å²) in [5.74, 6) is 0.0478. The first-order valence-electron chi connectivity index (χ1n) is 6.28. The number of non-ortho nitro benzene ring substituents is 1. The zero-order valence-electron chi connectivity index (χ0n) is 12.2. The molecule has 7 nitrogen and oxygen atoms in total. The van der Waals surface area contributed by atoms with E-state index in [0.717, 1.165) is 15.2 Å². The fourth-order valence-electron chi connectivity index (χ4n) is 1.89. The molecule has 2 aromatic rings. The molecule has 0 bridgehead atoms. The van der Waals surface area contributed by atoms with Crippen LogP contribution in [0.25, 0.3) is 0 Å². The summed E-state index contributed by atoms with van der Waals surface area (Å²) in [7, 11) is -1.26. The average molecular weight is 377 g/mol. The summed E-state index contributed by atoms with van der Waals surface area (Å²) in [6.45, 7) is 0.103. The van der Waals surface area contributed by atoms with Crippen molar-refractivity contribution in [3.05, 3.63) is 49.7 Å². The molecule has 0 radical (unpaired) electrons. The summed E-state index contributed by atoms with van der Waals surface area (Å²) < 4.78 is 32.1. The molecule has 0 saturated heterocycles. The number of ether oxygens (including phenoxy) is 1. The Balaban J connectivity index is 2.41. The van der Waals surface area contributed by atoms with E-state index in [1.165, 1.54) is 37.6 Å². The number of thiophene rings is 1. The molecule has 124 valence electrons. The van der Waals surface area contributed by atoms with Crippen LogP contribution in [0.5, 0.6) is 5.75 Å². The number of nitro benzene ring substituents is 1. The third kappa shape index (κ3) is 3.81. The normalized spacial score (nSPS) is 11.7. The van der Waals surface area contributed by atoms with Gasteiger partial charge in [0.25, 0.3) is 5.69 Å². The summed E-state index contributed by atoms with van der Waals surface area (Å²) >= 11 is 7.10. The van der Waals surface area contributed by atoms with Crippen molar-refractivity contribution in [1.29, 1.82) is 0 Å². The van der Waals surface area contributed by atoms with Gasteiger partial charge in [-0.25, -0.2) is 8.42 Å². The summed E-state index contributed by atoms with van der Waals surface area (Å²) in [4.78, 5) is 10.7. The second kappa shape index (κ2) is 6.83. The zero-order valence-corrected chi connectivity index (χ0v) is 14.6. The summed E-state index contributed by atoms with van der Waals surface area (Å²) in [6.07, 6.45) is 0. The number of hydrogen-bond donors (Lipinski definition) is 0. The molecule has 0 atom stereocenters. The largest absolute Gasteiger partial charge is 0.495 e. The highest BCUT2D eigenvalue weighted by atomic mass is 35.5. The van der Waals surface area contributed by atoms with Crippen LogP contribution in [-0.2, 0) is 16.6 Å². The minimum Gasteiger partial charge on any atom is -0.495 e. The van der Waals surface area contributed by atoms with Crippen LogP contribution in [0.1, 0.15) is 4.88 Å². The Morgan fingerprint density at radius 1 is 1.35 bits per heavy atom. The summed E-state index contributed by atoms with van der Waals surface area (Å²) in [5.41, 5.74) is -0.322. The van der Waals surface area contributed by atoms with Crippen LogP contribution in [0.2, 0.25) is 4.34 Å². The van der Waals surface area contributed by atoms with E-state index in [-0.39, 0.29) is 22.9 Å². The number of nitrogens with zero attached hydrogens (tertiary/aromatic N) is 2. The molecule has 10 heteroatoms. The van der Waals surface area contributed by atoms with Gasteiger partial charge in [0.15, 0.2) is 0 Å². The molecule has 0 aliphatic rings. The maximum absolute atomic E-state index is 12.7. The predicted molar refractivity (Wildman–Crippen MR) is 87.6 cm³/mol. The van der Waals surface area contributed by atoms with Crippen molar-refractivity contribution in [2.24, 2.45) is 0 Å². The van der Waals surface area contributed by atoms with Crippen LogP contribution in [-0.4, -0.2) is 31.8 Å². The molecule has 0 spiro atoms. The van der Waals surface area contributed by atoms with Crippen molar-refractivity contribution >= 4 is 38.6 Å². The number of sulfonamides is 1. The van der Waals surface area contributed by atoms with Crippen LogP contribution in [0.4, 0.5) is 5.69 Å². The lowest BCUT2D eigenvalue weighted by atomic mass is 10.3. The highest BCUT2D eigenvalue weighted by Crippen LogP contribution is 2.31. The van der Waals surface area contributed by atoms with Gasteiger partial charge < -0.3 is 4.74 Å². The smallest absolute Gasteiger partial charge is 0.271 e. The lowest BCUT2D eigenvalue weighted by molar-refractivity contribution is -0.385. The third-order valence-corrected chi connectivity index (χ3v) is 6.09. The highest BCUT2D eigenvalue weighted by Gasteiger charge is 2.27. The fourth-order valence-corrected chi connectivity index (χ4v) is 4.43. The molecule has 0 unspecified atom stereocenters. The van der Waals surface area contributed by atoms with E-state index in [1.807, 2.05) is 0 Å². The van der Waals surface area contributed by atoms with Gasteiger partial charge in [-0.1, -0.05) is 11.6 Å². The Morgan fingerprint density at radius 3 is 2.57 bits per heavy atom. The van der Waals surface area contributed by atoms with Crippen LogP contribution < -0.4 is 4.74 Å². The van der Waals surface area contributed by atoms with Gasteiger partial charge in [0.2, 0.25) is 10.0 Å². The van der Waals surface area contributed by atoms with Gasteiger partial charge in [-0.15, -0.1) is 11.3 Å². The molecule has 1 aromatic carbocycles. The molecule has 1 heterocycles. The minimum atomic E-state index is -3.96. The quantitative estimate of drug-likeness (QED) is 0.570. The van der Waals surface area contributed by atoms with Crippen LogP contribution in [0.15, 0.2) is 35.2 Å². The van der Waals surface area contributed by atoms with Gasteiger partial charge >= 0.3 is 0 Å². The van der Waals surface area contributed by atoms with E-state index in [4.69, 9.17) is 16.3 Å². The Kier molecular flexibility index (Phi) is 5.25. The molecule has 0 amide bonds. The van der Waals surface area contributed by atoms with Gasteiger partial charge in [-0.2, -0.15) is 4.31 Å². The molecule has 1 aromatic heterocycles. The van der Waals surface area contributed by atoms with Gasteiger partial charge in [0.05, 0.1) is 16.4 Å². The third-order valence-electron chi connectivity index (χ3n) is 3.05. The van der Waals surface area contributed by atoms with E-state index < -0.39 is 14.9 Å². The Bertz CT molecular complexity index is 835. The van der Waals surface area contributed by atoms with Gasteiger partial charge in [0.1, 0.15) is 10.6 Å². The topological polar surface area (TPSA) is 89.7 Å². The molecule has 0 N–H and O–H groups in total. The maximum Gasteiger partial charge on any atom is 0.271 e. The minimum absolute atomic E-state index is 0.0478. The summed E-state index contributed by atoms with van der Waals surface area (Å²) in [5, 5.41) is 10.9. The molecule has 23 heavy (non-hydrogen) atoms. The monoisotopic (exact) mass is 376 g/mol. The standard InChI is InChI=1S/C13H13ClN2O5S2/c1-15(8-10-4-6-13(14)22-10)23(19,20)12-7-9(16(17)18)3-5-11(12)21-2/h3-7H,8H2,1-2H3. The maximum atomic E-state index is 12.7. The molecular formula is C13H13ClN2O5S2. The lowest BCUT2D eigenvalue weighted by Crippen LogP contribution is -2.26. The number of rotatable bonds is 6. The number of halogens is 1. The van der Waals surface area contributed by atoms with Crippen molar-refractivity contribution in [2.75, 3.05) is 14.2 Å². The summed E-state index contributed by atoms with van der Waals surface area (Å²) in [6, 6.07) is 6.85. The van der Waals surface area contributed by atoms with Crippen LogP contribution in [0.3, 0.4) is 0 Å². The lowest BCUT2D eigenvalue weighted by Gasteiger charge is -2.18. The Hall–Kier alpha value is -1.68. The van der Waals surface area contributed by atoms with E-state index in [0.29, 0.717) is 4.34 Å². The molecule has 2 rings (SSSR count). The second-order valence-corrected chi connectivity index (χ2v) is 8.37. The Morgan fingerprint density at radius 2 is 2.04 bits per heavy atom. The zero-order chi connectivity index (χ0) is 17.2. The van der Waals surface area contributed by atoms with Crippen molar-refractivity contribution < 1.29 is 18.1 Å². The average Bonchev–Trinajstić information content (AvgIpc) is 2.91. The number of nitro groups is 1. The fraction of sp³-hybridized carbons (Fsp3) is 0.231. The first-order valence-corrected chi connectivity index (χ1v) is 8.92. The van der Waals surface area contributed by atoms with Crippen molar-refractivity contribution in [2.45, 2.75) is 11.4 Å². The van der Waals surface area contributed by atoms with Crippen molar-refractivity contribution in [3.63, 3.8) is 0 Å². The number of hydrogen-bond acceptors (Lipinski definition) is 6. The van der Waals surface area contributed by atoms with Crippen molar-refractivity contribution in [1.82, 2.24) is 4.31 Å². The van der Waals surface area contributed by atoms with E-state index in [9.17, 15) is 18.5 Å². The molecular weight excluding hydrogens is 364 g/mol. The molecule has 0 fully saturated rings. The van der Waals surface area contributed by atoms with Crippen LogP contribution in [0, 0.1) is 10.1 Å². The van der Waals surface area contributed by atoms with Crippen LogP contribution >= 0.6 is 22.9 Å². The number of methoxy groups -OCH3 is 1. The highest BCUT2D eigenvalue weighted by molar-refractivity contribution is 7.89. The molecule has 0 aliphatic carbocycles. The predicted octanol–water partition coefficient (Wildman–Crippen LogP) is 3.14. The second-order valence-electron chi connectivity index (χ2n) is 4.56. The first kappa shape index (κ1) is 17.7. The van der Waals surface area contributed by atoms with Crippen molar-refractivity contribution in [3.8, 4) is 5.75 Å². The van der Waals surface area contributed by atoms with Gasteiger partial charge in [0, 0.05) is 30.6 Å². The van der Waals surface area contributed by atoms with Gasteiger partial charge in [-0.3, -0.25) is 10.1 Å². The number of benzene rings is 1. The van der Waals surface area contributed by atoms with E-state index in [2.05, 4.69) is 0 Å². The van der Waals surface area contributed by atoms with E-state index >= 15 is 0 Å².